The predicted octanol–water partition coefficient (Wildman–Crippen LogP) is 1.99. The van der Waals surface area contributed by atoms with E-state index in [2.05, 4.69) is 19.2 Å². The van der Waals surface area contributed by atoms with Gasteiger partial charge < -0.3 is 10.2 Å². The van der Waals surface area contributed by atoms with Crippen molar-refractivity contribution >= 4 is 11.6 Å². The fourth-order valence-corrected chi connectivity index (χ4v) is 3.23. The lowest BCUT2D eigenvalue weighted by atomic mass is 9.91. The van der Waals surface area contributed by atoms with Crippen LogP contribution in [0.25, 0.3) is 0 Å². The molecule has 122 valence electrons. The lowest BCUT2D eigenvalue weighted by Crippen LogP contribution is -3.18. The molecule has 0 radical (unpaired) electrons. The molecule has 3 nitrogen and oxygen atoms in total. The standard InChI is InChI=1S/C16H21F3N2O/c1-9-6-10(2)8-21(7-9)11(3)16(22)20-13-5-4-12(17)14(18)15(13)19/h4-5,9-11H,6-8H2,1-3H3,(H,20,22)/p+1/t9-,10-,11-/m0/s1. The van der Waals surface area contributed by atoms with E-state index >= 15 is 0 Å². The summed E-state index contributed by atoms with van der Waals surface area (Å²) in [7, 11) is 0. The minimum absolute atomic E-state index is 0.326. The van der Waals surface area contributed by atoms with Gasteiger partial charge in [0.25, 0.3) is 5.91 Å². The molecule has 0 aliphatic carbocycles. The minimum atomic E-state index is -1.57. The number of piperidine rings is 1. The third kappa shape index (κ3) is 3.61. The first kappa shape index (κ1) is 16.8. The quantitative estimate of drug-likeness (QED) is 0.822. The molecule has 1 aromatic carbocycles. The van der Waals surface area contributed by atoms with Gasteiger partial charge in [-0.15, -0.1) is 0 Å². The molecule has 0 spiro atoms. The topological polar surface area (TPSA) is 33.5 Å². The molecule has 0 unspecified atom stereocenters. The van der Waals surface area contributed by atoms with E-state index in [9.17, 15) is 18.0 Å². The summed E-state index contributed by atoms with van der Waals surface area (Å²) in [6, 6.07) is 1.46. The van der Waals surface area contributed by atoms with E-state index in [1.165, 1.54) is 0 Å². The number of nitrogens with one attached hydrogen (secondary N) is 2. The molecule has 1 heterocycles. The number of rotatable bonds is 3. The second kappa shape index (κ2) is 6.69. The highest BCUT2D eigenvalue weighted by atomic mass is 19.2. The van der Waals surface area contributed by atoms with Crippen LogP contribution in [0.3, 0.4) is 0 Å². The van der Waals surface area contributed by atoms with Gasteiger partial charge in [0.2, 0.25) is 0 Å². The van der Waals surface area contributed by atoms with Crippen LogP contribution in [0.1, 0.15) is 27.2 Å². The van der Waals surface area contributed by atoms with Crippen molar-refractivity contribution in [2.24, 2.45) is 11.8 Å². The van der Waals surface area contributed by atoms with Crippen LogP contribution in [0.15, 0.2) is 12.1 Å². The van der Waals surface area contributed by atoms with Gasteiger partial charge in [-0.1, -0.05) is 13.8 Å². The number of hydrogen-bond acceptors (Lipinski definition) is 1. The van der Waals surface area contributed by atoms with E-state index in [-0.39, 0.29) is 17.6 Å². The monoisotopic (exact) mass is 315 g/mol. The van der Waals surface area contributed by atoms with Crippen molar-refractivity contribution in [3.8, 4) is 0 Å². The SMILES string of the molecule is C[C@H]1C[C@H](C)C[NH+]([C@@H](C)C(=O)Nc2ccc(F)c(F)c2F)C1. The zero-order valence-electron chi connectivity index (χ0n) is 13.1. The predicted molar refractivity (Wildman–Crippen MR) is 78.0 cm³/mol. The van der Waals surface area contributed by atoms with Gasteiger partial charge in [-0.3, -0.25) is 4.79 Å². The molecule has 1 amide bonds. The van der Waals surface area contributed by atoms with E-state index in [1.807, 2.05) is 0 Å². The number of quaternary nitrogens is 1. The largest absolute Gasteiger partial charge is 0.324 e. The summed E-state index contributed by atoms with van der Waals surface area (Å²) < 4.78 is 39.7. The van der Waals surface area contributed by atoms with Gasteiger partial charge in [0.1, 0.15) is 0 Å². The fourth-order valence-electron chi connectivity index (χ4n) is 3.23. The second-order valence-electron chi connectivity index (χ2n) is 6.45. The summed E-state index contributed by atoms with van der Waals surface area (Å²) in [4.78, 5) is 13.4. The van der Waals surface area contributed by atoms with E-state index in [1.54, 1.807) is 6.92 Å². The van der Waals surface area contributed by atoms with Crippen LogP contribution in [0.5, 0.6) is 0 Å². The third-order valence-electron chi connectivity index (χ3n) is 4.32. The molecule has 0 aromatic heterocycles. The molecule has 1 fully saturated rings. The Morgan fingerprint density at radius 3 is 2.36 bits per heavy atom. The third-order valence-corrected chi connectivity index (χ3v) is 4.32. The van der Waals surface area contributed by atoms with Crippen molar-refractivity contribution in [1.82, 2.24) is 0 Å². The maximum absolute atomic E-state index is 13.6. The molecule has 1 saturated heterocycles. The van der Waals surface area contributed by atoms with Crippen LogP contribution in [-0.2, 0) is 4.79 Å². The summed E-state index contributed by atoms with van der Waals surface area (Å²) in [5.41, 5.74) is -0.326. The van der Waals surface area contributed by atoms with Crippen molar-refractivity contribution < 1.29 is 22.9 Å². The van der Waals surface area contributed by atoms with Gasteiger partial charge in [0.05, 0.1) is 18.8 Å². The Hall–Kier alpha value is -1.56. The van der Waals surface area contributed by atoms with Gasteiger partial charge in [0, 0.05) is 11.8 Å². The first-order valence-electron chi connectivity index (χ1n) is 7.58. The smallest absolute Gasteiger partial charge is 0.282 e. The van der Waals surface area contributed by atoms with Crippen molar-refractivity contribution in [1.29, 1.82) is 0 Å². The number of anilines is 1. The zero-order valence-corrected chi connectivity index (χ0v) is 13.1. The highest BCUT2D eigenvalue weighted by molar-refractivity contribution is 5.93. The van der Waals surface area contributed by atoms with Gasteiger partial charge in [-0.05, 0) is 25.5 Å². The fraction of sp³-hybridized carbons (Fsp3) is 0.562. The number of hydrogen-bond donors (Lipinski definition) is 2. The highest BCUT2D eigenvalue weighted by Crippen LogP contribution is 2.19. The Morgan fingerprint density at radius 2 is 1.77 bits per heavy atom. The lowest BCUT2D eigenvalue weighted by molar-refractivity contribution is -0.925. The minimum Gasteiger partial charge on any atom is -0.324 e. The Bertz CT molecular complexity index is 555. The number of carbonyl (C=O) groups is 1. The summed E-state index contributed by atoms with van der Waals surface area (Å²) in [6.07, 6.45) is 1.13. The van der Waals surface area contributed by atoms with Crippen molar-refractivity contribution in [3.63, 3.8) is 0 Å². The molecular weight excluding hydrogens is 293 g/mol. The molecule has 1 aromatic rings. The molecular formula is C16H22F3N2O+. The number of halogens is 3. The Morgan fingerprint density at radius 1 is 1.18 bits per heavy atom. The molecule has 1 aliphatic rings. The molecule has 0 saturated carbocycles. The van der Waals surface area contributed by atoms with Crippen molar-refractivity contribution in [2.75, 3.05) is 18.4 Å². The first-order chi connectivity index (χ1) is 10.3. The molecule has 1 aliphatic heterocycles. The second-order valence-corrected chi connectivity index (χ2v) is 6.45. The summed E-state index contributed by atoms with van der Waals surface area (Å²) >= 11 is 0. The average Bonchev–Trinajstić information content (AvgIpc) is 2.46. The van der Waals surface area contributed by atoms with Crippen LogP contribution in [0, 0.1) is 29.3 Å². The van der Waals surface area contributed by atoms with Crippen molar-refractivity contribution in [3.05, 3.63) is 29.6 Å². The summed E-state index contributed by atoms with van der Waals surface area (Å²) in [6.45, 7) is 7.82. The van der Waals surface area contributed by atoms with Crippen LogP contribution < -0.4 is 10.2 Å². The lowest BCUT2D eigenvalue weighted by Gasteiger charge is -2.35. The maximum atomic E-state index is 13.6. The van der Waals surface area contributed by atoms with E-state index < -0.39 is 17.5 Å². The van der Waals surface area contributed by atoms with E-state index in [0.717, 1.165) is 36.5 Å². The highest BCUT2D eigenvalue weighted by Gasteiger charge is 2.32. The van der Waals surface area contributed by atoms with Gasteiger partial charge >= 0.3 is 0 Å². The maximum Gasteiger partial charge on any atom is 0.282 e. The number of carbonyl (C=O) groups excluding carboxylic acids is 1. The molecule has 0 bridgehead atoms. The Labute approximate surface area is 128 Å². The Kier molecular flexibility index (Phi) is 5.11. The summed E-state index contributed by atoms with van der Waals surface area (Å²) in [5, 5.41) is 2.36. The molecule has 22 heavy (non-hydrogen) atoms. The molecule has 2 rings (SSSR count). The van der Waals surface area contributed by atoms with Crippen LogP contribution in [-0.4, -0.2) is 25.0 Å². The Balaban J connectivity index is 2.07. The molecule has 2 N–H and O–H groups in total. The average molecular weight is 315 g/mol. The molecule has 6 heteroatoms. The normalized spacial score (nSPS) is 26.5. The van der Waals surface area contributed by atoms with Crippen LogP contribution in [0.2, 0.25) is 0 Å². The number of amides is 1. The van der Waals surface area contributed by atoms with Crippen LogP contribution in [0.4, 0.5) is 18.9 Å². The number of likely N-dealkylation sites (tertiary alicyclic amines) is 1. The zero-order chi connectivity index (χ0) is 16.4. The summed E-state index contributed by atoms with van der Waals surface area (Å²) in [5.74, 6) is -3.55. The molecule has 3 atom stereocenters. The first-order valence-corrected chi connectivity index (χ1v) is 7.58. The van der Waals surface area contributed by atoms with E-state index in [4.69, 9.17) is 0 Å². The van der Waals surface area contributed by atoms with Crippen molar-refractivity contribution in [2.45, 2.75) is 33.2 Å². The van der Waals surface area contributed by atoms with Gasteiger partial charge in [-0.2, -0.15) is 0 Å². The van der Waals surface area contributed by atoms with Gasteiger partial charge in [-0.25, -0.2) is 13.2 Å². The van der Waals surface area contributed by atoms with E-state index in [0.29, 0.717) is 11.8 Å². The van der Waals surface area contributed by atoms with Crippen LogP contribution >= 0.6 is 0 Å². The van der Waals surface area contributed by atoms with Gasteiger partial charge in [0.15, 0.2) is 23.5 Å². The number of benzene rings is 1.